The van der Waals surface area contributed by atoms with Crippen molar-refractivity contribution in [2.75, 3.05) is 18.4 Å². The van der Waals surface area contributed by atoms with Crippen molar-refractivity contribution in [1.82, 2.24) is 15.5 Å². The maximum Gasteiger partial charge on any atom is 0.148 e. The topological polar surface area (TPSA) is 49.8 Å². The highest BCUT2D eigenvalue weighted by atomic mass is 15.2. The molecule has 1 rings (SSSR count). The summed E-state index contributed by atoms with van der Waals surface area (Å²) in [7, 11) is 0. The quantitative estimate of drug-likeness (QED) is 0.719. The van der Waals surface area contributed by atoms with Gasteiger partial charge in [0.15, 0.2) is 0 Å². The van der Waals surface area contributed by atoms with Crippen LogP contribution in [0.1, 0.15) is 46.2 Å². The third-order valence-electron chi connectivity index (χ3n) is 3.31. The molecule has 0 aliphatic carbocycles. The summed E-state index contributed by atoms with van der Waals surface area (Å²) in [5, 5.41) is 15.2. The van der Waals surface area contributed by atoms with Gasteiger partial charge in [-0.15, -0.1) is 5.10 Å². The molecule has 0 saturated carbocycles. The first-order valence-corrected chi connectivity index (χ1v) is 7.42. The minimum Gasteiger partial charge on any atom is -0.368 e. The van der Waals surface area contributed by atoms with Crippen molar-refractivity contribution < 1.29 is 0 Å². The molecule has 0 bridgehead atoms. The number of anilines is 1. The van der Waals surface area contributed by atoms with Crippen LogP contribution in [-0.4, -0.2) is 23.3 Å². The lowest BCUT2D eigenvalue weighted by atomic mass is 10.0. The zero-order chi connectivity index (χ0) is 14.1. The molecule has 1 aromatic rings. The molecule has 0 amide bonds. The monoisotopic (exact) mass is 264 g/mol. The molecule has 1 heterocycles. The first-order chi connectivity index (χ1) is 9.15. The Morgan fingerprint density at radius 1 is 1.05 bits per heavy atom. The summed E-state index contributed by atoms with van der Waals surface area (Å²) in [6, 6.07) is 4.05. The zero-order valence-corrected chi connectivity index (χ0v) is 12.7. The summed E-state index contributed by atoms with van der Waals surface area (Å²) in [6.45, 7) is 11.6. The normalized spacial score (nSPS) is 11.3. The molecule has 0 spiro atoms. The molecule has 0 unspecified atom stereocenters. The molecule has 4 heteroatoms. The van der Waals surface area contributed by atoms with E-state index in [9.17, 15) is 0 Å². The van der Waals surface area contributed by atoms with Crippen molar-refractivity contribution in [3.8, 4) is 0 Å². The summed E-state index contributed by atoms with van der Waals surface area (Å²) >= 11 is 0. The number of hydrogen-bond acceptors (Lipinski definition) is 4. The Labute approximate surface area is 117 Å². The van der Waals surface area contributed by atoms with Crippen LogP contribution in [0.4, 0.5) is 5.82 Å². The van der Waals surface area contributed by atoms with Crippen LogP contribution in [0, 0.1) is 11.8 Å². The lowest BCUT2D eigenvalue weighted by Gasteiger charge is -2.13. The fourth-order valence-electron chi connectivity index (χ4n) is 1.86. The first-order valence-electron chi connectivity index (χ1n) is 7.42. The Morgan fingerprint density at radius 2 is 1.79 bits per heavy atom. The molecule has 1 aromatic heterocycles. The largest absolute Gasteiger partial charge is 0.368 e. The predicted molar refractivity (Wildman–Crippen MR) is 81.1 cm³/mol. The Hall–Kier alpha value is -1.16. The summed E-state index contributed by atoms with van der Waals surface area (Å²) < 4.78 is 0. The average Bonchev–Trinajstić information content (AvgIpc) is 2.41. The summed E-state index contributed by atoms with van der Waals surface area (Å²) in [4.78, 5) is 0. The maximum absolute atomic E-state index is 4.23. The SMILES string of the molecule is CCC(CC)CNc1ccc(CNCC(C)C)nn1. The minimum atomic E-state index is 0.661. The van der Waals surface area contributed by atoms with Gasteiger partial charge in [0.2, 0.25) is 0 Å². The van der Waals surface area contributed by atoms with Gasteiger partial charge < -0.3 is 10.6 Å². The highest BCUT2D eigenvalue weighted by Gasteiger charge is 2.04. The van der Waals surface area contributed by atoms with E-state index in [-0.39, 0.29) is 0 Å². The van der Waals surface area contributed by atoms with Crippen LogP contribution in [-0.2, 0) is 6.54 Å². The van der Waals surface area contributed by atoms with Crippen molar-refractivity contribution in [3.05, 3.63) is 17.8 Å². The number of nitrogens with one attached hydrogen (secondary N) is 2. The van der Waals surface area contributed by atoms with Crippen molar-refractivity contribution in [1.29, 1.82) is 0 Å². The molecule has 19 heavy (non-hydrogen) atoms. The molecule has 0 aromatic carbocycles. The zero-order valence-electron chi connectivity index (χ0n) is 12.7. The average molecular weight is 264 g/mol. The van der Waals surface area contributed by atoms with Gasteiger partial charge >= 0.3 is 0 Å². The van der Waals surface area contributed by atoms with Crippen LogP contribution in [0.25, 0.3) is 0 Å². The minimum absolute atomic E-state index is 0.661. The van der Waals surface area contributed by atoms with E-state index in [1.807, 2.05) is 12.1 Å². The summed E-state index contributed by atoms with van der Waals surface area (Å²) in [5.74, 6) is 2.25. The van der Waals surface area contributed by atoms with Crippen LogP contribution in [0.5, 0.6) is 0 Å². The van der Waals surface area contributed by atoms with Gasteiger partial charge in [-0.05, 0) is 30.5 Å². The second-order valence-corrected chi connectivity index (χ2v) is 5.50. The van der Waals surface area contributed by atoms with Crippen molar-refractivity contribution >= 4 is 5.82 Å². The molecule has 0 aliphatic rings. The number of rotatable bonds is 9. The van der Waals surface area contributed by atoms with E-state index >= 15 is 0 Å². The van der Waals surface area contributed by atoms with Gasteiger partial charge in [0, 0.05) is 13.1 Å². The molecule has 0 fully saturated rings. The summed E-state index contributed by atoms with van der Waals surface area (Å²) in [6.07, 6.45) is 2.41. The second-order valence-electron chi connectivity index (χ2n) is 5.50. The highest BCUT2D eigenvalue weighted by molar-refractivity contribution is 5.32. The molecule has 4 nitrogen and oxygen atoms in total. The molecule has 2 N–H and O–H groups in total. The van der Waals surface area contributed by atoms with E-state index in [0.29, 0.717) is 11.8 Å². The van der Waals surface area contributed by atoms with Crippen LogP contribution in [0.15, 0.2) is 12.1 Å². The Balaban J connectivity index is 2.34. The highest BCUT2D eigenvalue weighted by Crippen LogP contribution is 2.09. The second kappa shape index (κ2) is 8.86. The number of aromatic nitrogens is 2. The van der Waals surface area contributed by atoms with Gasteiger partial charge in [0.25, 0.3) is 0 Å². The van der Waals surface area contributed by atoms with E-state index in [1.54, 1.807) is 0 Å². The van der Waals surface area contributed by atoms with Crippen molar-refractivity contribution in [3.63, 3.8) is 0 Å². The van der Waals surface area contributed by atoms with Gasteiger partial charge in [-0.25, -0.2) is 0 Å². The van der Waals surface area contributed by atoms with Crippen molar-refractivity contribution in [2.24, 2.45) is 11.8 Å². The standard InChI is InChI=1S/C15H28N4/c1-5-13(6-2)10-17-15-8-7-14(18-19-15)11-16-9-12(3)4/h7-8,12-13,16H,5-6,9-11H2,1-4H3,(H,17,19). The van der Waals surface area contributed by atoms with Gasteiger partial charge in [0.05, 0.1) is 5.69 Å². The number of hydrogen-bond donors (Lipinski definition) is 2. The van der Waals surface area contributed by atoms with Gasteiger partial charge in [-0.2, -0.15) is 5.10 Å². The third kappa shape index (κ3) is 6.53. The fourth-order valence-corrected chi connectivity index (χ4v) is 1.86. The number of nitrogens with zero attached hydrogens (tertiary/aromatic N) is 2. The molecule has 0 radical (unpaired) electrons. The Morgan fingerprint density at radius 3 is 2.32 bits per heavy atom. The first kappa shape index (κ1) is 15.9. The smallest absolute Gasteiger partial charge is 0.148 e. The lowest BCUT2D eigenvalue weighted by molar-refractivity contribution is 0.518. The molecule has 0 aliphatic heterocycles. The Kier molecular flexibility index (Phi) is 7.41. The van der Waals surface area contributed by atoms with Crippen LogP contribution < -0.4 is 10.6 Å². The van der Waals surface area contributed by atoms with E-state index in [1.165, 1.54) is 12.8 Å². The van der Waals surface area contributed by atoms with Gasteiger partial charge in [-0.1, -0.05) is 40.5 Å². The molecule has 0 atom stereocenters. The van der Waals surface area contributed by atoms with Gasteiger partial charge in [-0.3, -0.25) is 0 Å². The van der Waals surface area contributed by atoms with Gasteiger partial charge in [0.1, 0.15) is 5.82 Å². The fraction of sp³-hybridized carbons (Fsp3) is 0.733. The third-order valence-corrected chi connectivity index (χ3v) is 3.31. The van der Waals surface area contributed by atoms with E-state index in [2.05, 4.69) is 48.5 Å². The molecular formula is C15H28N4. The van der Waals surface area contributed by atoms with E-state index < -0.39 is 0 Å². The van der Waals surface area contributed by atoms with E-state index in [0.717, 1.165) is 31.1 Å². The molecule has 108 valence electrons. The van der Waals surface area contributed by atoms with Crippen LogP contribution >= 0.6 is 0 Å². The molecular weight excluding hydrogens is 236 g/mol. The summed E-state index contributed by atoms with van der Waals surface area (Å²) in [5.41, 5.74) is 0.994. The molecule has 0 saturated heterocycles. The van der Waals surface area contributed by atoms with E-state index in [4.69, 9.17) is 0 Å². The lowest BCUT2D eigenvalue weighted by Crippen LogP contribution is -2.20. The maximum atomic E-state index is 4.23. The van der Waals surface area contributed by atoms with Crippen LogP contribution in [0.2, 0.25) is 0 Å². The predicted octanol–water partition coefficient (Wildman–Crippen LogP) is 3.07. The Bertz CT molecular complexity index is 331. The van der Waals surface area contributed by atoms with Crippen molar-refractivity contribution in [2.45, 2.75) is 47.1 Å². The van der Waals surface area contributed by atoms with Crippen LogP contribution in [0.3, 0.4) is 0 Å².